The van der Waals surface area contributed by atoms with Crippen molar-refractivity contribution in [1.29, 1.82) is 0 Å². The highest BCUT2D eigenvalue weighted by molar-refractivity contribution is 5.18. The van der Waals surface area contributed by atoms with Crippen LogP contribution in [0.3, 0.4) is 0 Å². The number of aliphatic hydroxyl groups excluding tert-OH is 1. The first-order valence-electron chi connectivity index (χ1n) is 3.49. The van der Waals surface area contributed by atoms with Gasteiger partial charge in [-0.15, -0.1) is 0 Å². The lowest BCUT2D eigenvalue weighted by atomic mass is 9.96. The standard InChI is InChI=1S/C7H9NO2/c9-6-2-1-3-7-5(6)4-8-10-7/h4,6,9H,1-3H2. The zero-order chi connectivity index (χ0) is 6.97. The van der Waals surface area contributed by atoms with Crippen LogP contribution in [0.25, 0.3) is 0 Å². The van der Waals surface area contributed by atoms with Gasteiger partial charge in [-0.2, -0.15) is 0 Å². The first-order chi connectivity index (χ1) is 4.88. The number of hydrogen-bond acceptors (Lipinski definition) is 3. The minimum Gasteiger partial charge on any atom is -0.388 e. The number of aromatic nitrogens is 1. The topological polar surface area (TPSA) is 46.3 Å². The minimum absolute atomic E-state index is 0.338. The summed E-state index contributed by atoms with van der Waals surface area (Å²) in [7, 11) is 0. The molecule has 0 bridgehead atoms. The summed E-state index contributed by atoms with van der Waals surface area (Å²) < 4.78 is 4.92. The van der Waals surface area contributed by atoms with Crippen LogP contribution in [-0.4, -0.2) is 10.3 Å². The molecule has 1 unspecified atom stereocenters. The van der Waals surface area contributed by atoms with Crippen molar-refractivity contribution in [1.82, 2.24) is 5.16 Å². The number of fused-ring (bicyclic) bond motifs is 1. The quantitative estimate of drug-likeness (QED) is 0.584. The average molecular weight is 139 g/mol. The van der Waals surface area contributed by atoms with Crippen molar-refractivity contribution in [3.63, 3.8) is 0 Å². The van der Waals surface area contributed by atoms with Gasteiger partial charge >= 0.3 is 0 Å². The second-order valence-corrected chi connectivity index (χ2v) is 2.61. The maximum atomic E-state index is 9.35. The maximum absolute atomic E-state index is 9.35. The molecule has 1 N–H and O–H groups in total. The smallest absolute Gasteiger partial charge is 0.142 e. The molecule has 0 saturated carbocycles. The summed E-state index contributed by atoms with van der Waals surface area (Å²) >= 11 is 0. The van der Waals surface area contributed by atoms with Gasteiger partial charge in [-0.3, -0.25) is 0 Å². The van der Waals surface area contributed by atoms with Crippen LogP contribution < -0.4 is 0 Å². The normalized spacial score (nSPS) is 24.3. The third-order valence-corrected chi connectivity index (χ3v) is 1.92. The molecule has 1 aromatic rings. The Bertz CT molecular complexity index is 231. The van der Waals surface area contributed by atoms with E-state index in [4.69, 9.17) is 4.52 Å². The van der Waals surface area contributed by atoms with E-state index in [1.54, 1.807) is 6.20 Å². The molecule has 3 nitrogen and oxygen atoms in total. The molecule has 0 saturated heterocycles. The van der Waals surface area contributed by atoms with Crippen molar-refractivity contribution in [2.45, 2.75) is 25.4 Å². The summed E-state index contributed by atoms with van der Waals surface area (Å²) in [4.78, 5) is 0. The molecule has 0 fully saturated rings. The number of aryl methyl sites for hydroxylation is 1. The molecule has 0 radical (unpaired) electrons. The third kappa shape index (κ3) is 0.743. The Balaban J connectivity index is 2.41. The lowest BCUT2D eigenvalue weighted by Gasteiger charge is -2.13. The van der Waals surface area contributed by atoms with Gasteiger partial charge in [0.1, 0.15) is 5.76 Å². The van der Waals surface area contributed by atoms with Crippen molar-refractivity contribution in [2.24, 2.45) is 0 Å². The van der Waals surface area contributed by atoms with Gasteiger partial charge in [-0.05, 0) is 12.8 Å². The van der Waals surface area contributed by atoms with Gasteiger partial charge in [0, 0.05) is 12.0 Å². The molecule has 0 aliphatic heterocycles. The van der Waals surface area contributed by atoms with Gasteiger partial charge in [-0.25, -0.2) is 0 Å². The molecule has 0 aromatic carbocycles. The highest BCUT2D eigenvalue weighted by Crippen LogP contribution is 2.28. The highest BCUT2D eigenvalue weighted by atomic mass is 16.5. The first-order valence-corrected chi connectivity index (χ1v) is 3.49. The number of hydrogen-bond donors (Lipinski definition) is 1. The van der Waals surface area contributed by atoms with E-state index < -0.39 is 0 Å². The Kier molecular flexibility index (Phi) is 1.24. The van der Waals surface area contributed by atoms with Crippen LogP contribution in [0.2, 0.25) is 0 Å². The predicted molar refractivity (Wildman–Crippen MR) is 34.4 cm³/mol. The fourth-order valence-corrected chi connectivity index (χ4v) is 1.34. The van der Waals surface area contributed by atoms with E-state index in [1.165, 1.54) is 0 Å². The summed E-state index contributed by atoms with van der Waals surface area (Å²) in [6, 6.07) is 0. The molecule has 10 heavy (non-hydrogen) atoms. The summed E-state index contributed by atoms with van der Waals surface area (Å²) in [6.45, 7) is 0. The van der Waals surface area contributed by atoms with Crippen molar-refractivity contribution < 1.29 is 9.63 Å². The molecule has 0 spiro atoms. The van der Waals surface area contributed by atoms with Crippen LogP contribution >= 0.6 is 0 Å². The van der Waals surface area contributed by atoms with Crippen LogP contribution in [0.4, 0.5) is 0 Å². The zero-order valence-electron chi connectivity index (χ0n) is 5.58. The lowest BCUT2D eigenvalue weighted by Crippen LogP contribution is -2.05. The van der Waals surface area contributed by atoms with E-state index in [9.17, 15) is 5.11 Å². The van der Waals surface area contributed by atoms with Crippen molar-refractivity contribution >= 4 is 0 Å². The fourth-order valence-electron chi connectivity index (χ4n) is 1.34. The van der Waals surface area contributed by atoms with E-state index in [-0.39, 0.29) is 6.10 Å². The van der Waals surface area contributed by atoms with Gasteiger partial charge in [0.05, 0.1) is 12.3 Å². The second-order valence-electron chi connectivity index (χ2n) is 2.61. The minimum atomic E-state index is -0.338. The van der Waals surface area contributed by atoms with Crippen LogP contribution in [0, 0.1) is 0 Å². The molecule has 1 heterocycles. The maximum Gasteiger partial charge on any atom is 0.142 e. The summed E-state index contributed by atoms with van der Waals surface area (Å²) in [5, 5.41) is 13.0. The van der Waals surface area contributed by atoms with E-state index in [2.05, 4.69) is 5.16 Å². The molecular weight excluding hydrogens is 130 g/mol. The largest absolute Gasteiger partial charge is 0.388 e. The number of rotatable bonds is 0. The molecule has 3 heteroatoms. The Morgan fingerprint density at radius 3 is 3.40 bits per heavy atom. The number of nitrogens with zero attached hydrogens (tertiary/aromatic N) is 1. The third-order valence-electron chi connectivity index (χ3n) is 1.92. The molecule has 2 rings (SSSR count). The Morgan fingerprint density at radius 1 is 1.70 bits per heavy atom. The average Bonchev–Trinajstić information content (AvgIpc) is 2.36. The summed E-state index contributed by atoms with van der Waals surface area (Å²) in [5.41, 5.74) is 0.881. The SMILES string of the molecule is OC1CCCc2oncc21. The van der Waals surface area contributed by atoms with Gasteiger partial charge < -0.3 is 9.63 Å². The second kappa shape index (κ2) is 2.09. The fraction of sp³-hybridized carbons (Fsp3) is 0.571. The molecule has 54 valence electrons. The Morgan fingerprint density at radius 2 is 2.60 bits per heavy atom. The van der Waals surface area contributed by atoms with Crippen molar-refractivity contribution in [2.75, 3.05) is 0 Å². The van der Waals surface area contributed by atoms with E-state index in [0.29, 0.717) is 0 Å². The molecule has 1 aromatic heterocycles. The van der Waals surface area contributed by atoms with Gasteiger partial charge in [0.25, 0.3) is 0 Å². The van der Waals surface area contributed by atoms with Gasteiger partial charge in [-0.1, -0.05) is 5.16 Å². The predicted octanol–water partition coefficient (Wildman–Crippen LogP) is 1.04. The van der Waals surface area contributed by atoms with Crippen LogP contribution in [0.5, 0.6) is 0 Å². The zero-order valence-corrected chi connectivity index (χ0v) is 5.58. The highest BCUT2D eigenvalue weighted by Gasteiger charge is 2.20. The van der Waals surface area contributed by atoms with E-state index >= 15 is 0 Å². The monoisotopic (exact) mass is 139 g/mol. The van der Waals surface area contributed by atoms with Crippen LogP contribution in [-0.2, 0) is 6.42 Å². The Labute approximate surface area is 58.6 Å². The van der Waals surface area contributed by atoms with E-state index in [0.717, 1.165) is 30.6 Å². The van der Waals surface area contributed by atoms with Gasteiger partial charge in [0.2, 0.25) is 0 Å². The molecular formula is C7H9NO2. The summed E-state index contributed by atoms with van der Waals surface area (Å²) in [5.74, 6) is 0.860. The molecule has 1 aliphatic carbocycles. The van der Waals surface area contributed by atoms with E-state index in [1.807, 2.05) is 0 Å². The molecule has 1 aliphatic rings. The first kappa shape index (κ1) is 5.92. The number of aliphatic hydroxyl groups is 1. The van der Waals surface area contributed by atoms with Crippen molar-refractivity contribution in [3.8, 4) is 0 Å². The lowest BCUT2D eigenvalue weighted by molar-refractivity contribution is 0.152. The van der Waals surface area contributed by atoms with Gasteiger partial charge in [0.15, 0.2) is 0 Å². The molecule has 1 atom stereocenters. The van der Waals surface area contributed by atoms with Crippen molar-refractivity contribution in [3.05, 3.63) is 17.5 Å². The molecule has 0 amide bonds. The Hall–Kier alpha value is -0.830. The van der Waals surface area contributed by atoms with Crippen LogP contribution in [0.15, 0.2) is 10.7 Å². The summed E-state index contributed by atoms with van der Waals surface area (Å²) in [6.07, 6.45) is 4.04. The van der Waals surface area contributed by atoms with Crippen LogP contribution in [0.1, 0.15) is 30.3 Å².